The molecular weight excluding hydrogens is 280 g/mol. The van der Waals surface area contributed by atoms with Gasteiger partial charge in [-0.2, -0.15) is 0 Å². The quantitative estimate of drug-likeness (QED) is 0.828. The number of methoxy groups -OCH3 is 1. The van der Waals surface area contributed by atoms with Crippen molar-refractivity contribution in [2.24, 2.45) is 0 Å². The molecule has 0 fully saturated rings. The SMILES string of the molecule is COc1ccccc1NC(=O)CNC1C=CS(=O)(=O)C1. The van der Waals surface area contributed by atoms with Gasteiger partial charge in [0.15, 0.2) is 9.84 Å². The van der Waals surface area contributed by atoms with E-state index in [1.165, 1.54) is 12.5 Å². The van der Waals surface area contributed by atoms with Crippen LogP contribution in [0.25, 0.3) is 0 Å². The molecule has 7 heteroatoms. The highest BCUT2D eigenvalue weighted by Crippen LogP contribution is 2.22. The summed E-state index contributed by atoms with van der Waals surface area (Å²) in [7, 11) is -1.58. The van der Waals surface area contributed by atoms with E-state index in [-0.39, 0.29) is 24.2 Å². The molecule has 1 unspecified atom stereocenters. The topological polar surface area (TPSA) is 84.5 Å². The molecule has 1 aliphatic rings. The molecule has 1 heterocycles. The Morgan fingerprint density at radius 3 is 2.80 bits per heavy atom. The highest BCUT2D eigenvalue weighted by molar-refractivity contribution is 7.94. The van der Waals surface area contributed by atoms with Crippen molar-refractivity contribution in [3.05, 3.63) is 35.7 Å². The Morgan fingerprint density at radius 1 is 1.40 bits per heavy atom. The van der Waals surface area contributed by atoms with Crippen molar-refractivity contribution in [1.29, 1.82) is 0 Å². The minimum atomic E-state index is -3.11. The van der Waals surface area contributed by atoms with Gasteiger partial charge >= 0.3 is 0 Å². The van der Waals surface area contributed by atoms with Crippen LogP contribution in [0.5, 0.6) is 5.75 Å². The van der Waals surface area contributed by atoms with Gasteiger partial charge in [-0.05, 0) is 12.1 Å². The Morgan fingerprint density at radius 2 is 2.15 bits per heavy atom. The van der Waals surface area contributed by atoms with Gasteiger partial charge in [0.05, 0.1) is 25.1 Å². The molecule has 0 aliphatic carbocycles. The van der Waals surface area contributed by atoms with E-state index in [4.69, 9.17) is 4.74 Å². The van der Waals surface area contributed by atoms with Crippen molar-refractivity contribution in [2.75, 3.05) is 24.7 Å². The average molecular weight is 296 g/mol. The summed E-state index contributed by atoms with van der Waals surface area (Å²) < 4.78 is 27.6. The average Bonchev–Trinajstić information content (AvgIpc) is 2.77. The van der Waals surface area contributed by atoms with Gasteiger partial charge in [0.25, 0.3) is 0 Å². The first-order valence-electron chi connectivity index (χ1n) is 6.07. The van der Waals surface area contributed by atoms with Gasteiger partial charge < -0.3 is 15.4 Å². The Labute approximate surface area is 117 Å². The number of hydrogen-bond acceptors (Lipinski definition) is 5. The van der Waals surface area contributed by atoms with Gasteiger partial charge in [0, 0.05) is 11.4 Å². The molecule has 6 nitrogen and oxygen atoms in total. The predicted molar refractivity (Wildman–Crippen MR) is 76.3 cm³/mol. The third-order valence-electron chi connectivity index (χ3n) is 2.84. The van der Waals surface area contributed by atoms with Crippen molar-refractivity contribution in [2.45, 2.75) is 6.04 Å². The zero-order chi connectivity index (χ0) is 14.6. The standard InChI is InChI=1S/C13H16N2O4S/c1-19-12-5-3-2-4-11(12)15-13(16)8-14-10-6-7-20(17,18)9-10/h2-7,10,14H,8-9H2,1H3,(H,15,16). The molecule has 20 heavy (non-hydrogen) atoms. The summed E-state index contributed by atoms with van der Waals surface area (Å²) in [6.07, 6.45) is 1.55. The van der Waals surface area contributed by atoms with E-state index in [0.717, 1.165) is 0 Å². The van der Waals surface area contributed by atoms with E-state index in [2.05, 4.69) is 10.6 Å². The number of carbonyl (C=O) groups excluding carboxylic acids is 1. The van der Waals surface area contributed by atoms with Crippen LogP contribution >= 0.6 is 0 Å². The van der Waals surface area contributed by atoms with Crippen LogP contribution in [0, 0.1) is 0 Å². The van der Waals surface area contributed by atoms with E-state index >= 15 is 0 Å². The Bertz CT molecular complexity index is 625. The maximum Gasteiger partial charge on any atom is 0.238 e. The zero-order valence-corrected chi connectivity index (χ0v) is 11.8. The second kappa shape index (κ2) is 6.06. The van der Waals surface area contributed by atoms with Gasteiger partial charge in [0.2, 0.25) is 5.91 Å². The molecular formula is C13H16N2O4S. The van der Waals surface area contributed by atoms with Gasteiger partial charge in [-0.25, -0.2) is 8.42 Å². The Kier molecular flexibility index (Phi) is 4.41. The number of ether oxygens (including phenoxy) is 1. The molecule has 0 aromatic heterocycles. The summed E-state index contributed by atoms with van der Waals surface area (Å²) in [5.74, 6) is 0.311. The zero-order valence-electron chi connectivity index (χ0n) is 11.0. The lowest BCUT2D eigenvalue weighted by molar-refractivity contribution is -0.115. The van der Waals surface area contributed by atoms with Crippen molar-refractivity contribution >= 4 is 21.4 Å². The minimum Gasteiger partial charge on any atom is -0.495 e. The van der Waals surface area contributed by atoms with E-state index in [1.807, 2.05) is 0 Å². The van der Waals surface area contributed by atoms with E-state index in [0.29, 0.717) is 11.4 Å². The molecule has 1 aromatic rings. The second-order valence-electron chi connectivity index (χ2n) is 4.39. The summed E-state index contributed by atoms with van der Waals surface area (Å²) in [5.41, 5.74) is 0.580. The van der Waals surface area contributed by atoms with Crippen LogP contribution in [0.15, 0.2) is 35.7 Å². The second-order valence-corrected chi connectivity index (χ2v) is 6.33. The summed E-state index contributed by atoms with van der Waals surface area (Å²) in [6.45, 7) is 0.0303. The number of rotatable bonds is 5. The number of para-hydroxylation sites is 2. The van der Waals surface area contributed by atoms with Crippen LogP contribution in [0.3, 0.4) is 0 Å². The molecule has 1 aliphatic heterocycles. The third kappa shape index (κ3) is 3.82. The number of anilines is 1. The molecule has 0 radical (unpaired) electrons. The molecule has 0 spiro atoms. The summed E-state index contributed by atoms with van der Waals surface area (Å²) in [4.78, 5) is 11.8. The van der Waals surface area contributed by atoms with E-state index < -0.39 is 9.84 Å². The van der Waals surface area contributed by atoms with E-state index in [9.17, 15) is 13.2 Å². The van der Waals surface area contributed by atoms with Crippen molar-refractivity contribution < 1.29 is 17.9 Å². The number of carbonyl (C=O) groups is 1. The molecule has 2 N–H and O–H groups in total. The lowest BCUT2D eigenvalue weighted by Gasteiger charge is -2.12. The van der Waals surface area contributed by atoms with Crippen LogP contribution in [-0.2, 0) is 14.6 Å². The van der Waals surface area contributed by atoms with Gasteiger partial charge in [0.1, 0.15) is 5.75 Å². The highest BCUT2D eigenvalue weighted by atomic mass is 32.2. The number of nitrogens with one attached hydrogen (secondary N) is 2. The molecule has 1 atom stereocenters. The third-order valence-corrected chi connectivity index (χ3v) is 4.23. The van der Waals surface area contributed by atoms with Crippen LogP contribution in [-0.4, -0.2) is 39.8 Å². The minimum absolute atomic E-state index is 0.00502. The number of amides is 1. The first kappa shape index (κ1) is 14.5. The normalized spacial score (nSPS) is 19.8. The van der Waals surface area contributed by atoms with Crippen LogP contribution < -0.4 is 15.4 Å². The lowest BCUT2D eigenvalue weighted by atomic mass is 10.3. The Hall–Kier alpha value is -1.86. The molecule has 1 amide bonds. The first-order valence-corrected chi connectivity index (χ1v) is 7.79. The predicted octanol–water partition coefficient (Wildman–Crippen LogP) is 0.534. The van der Waals surface area contributed by atoms with Crippen molar-refractivity contribution in [1.82, 2.24) is 5.32 Å². The molecule has 0 saturated heterocycles. The molecule has 0 bridgehead atoms. The highest BCUT2D eigenvalue weighted by Gasteiger charge is 2.21. The van der Waals surface area contributed by atoms with Gasteiger partial charge in [-0.15, -0.1) is 0 Å². The molecule has 0 saturated carbocycles. The fraction of sp³-hybridized carbons (Fsp3) is 0.308. The number of sulfone groups is 1. The van der Waals surface area contributed by atoms with Crippen LogP contribution in [0.2, 0.25) is 0 Å². The fourth-order valence-corrected chi connectivity index (χ4v) is 3.14. The largest absolute Gasteiger partial charge is 0.495 e. The summed E-state index contributed by atoms with van der Waals surface area (Å²) in [6, 6.07) is 6.76. The van der Waals surface area contributed by atoms with Crippen LogP contribution in [0.1, 0.15) is 0 Å². The van der Waals surface area contributed by atoms with Crippen molar-refractivity contribution in [3.63, 3.8) is 0 Å². The molecule has 1 aromatic carbocycles. The van der Waals surface area contributed by atoms with E-state index in [1.54, 1.807) is 30.3 Å². The number of hydrogen-bond donors (Lipinski definition) is 2. The lowest BCUT2D eigenvalue weighted by Crippen LogP contribution is -2.36. The van der Waals surface area contributed by atoms with Crippen LogP contribution in [0.4, 0.5) is 5.69 Å². The fourth-order valence-electron chi connectivity index (χ4n) is 1.87. The number of benzene rings is 1. The molecule has 108 valence electrons. The smallest absolute Gasteiger partial charge is 0.238 e. The van der Waals surface area contributed by atoms with Crippen molar-refractivity contribution in [3.8, 4) is 5.75 Å². The van der Waals surface area contributed by atoms with Gasteiger partial charge in [-0.1, -0.05) is 18.2 Å². The Balaban J connectivity index is 1.86. The first-order chi connectivity index (χ1) is 9.50. The maximum atomic E-state index is 11.8. The monoisotopic (exact) mass is 296 g/mol. The van der Waals surface area contributed by atoms with Gasteiger partial charge in [-0.3, -0.25) is 4.79 Å². The summed E-state index contributed by atoms with van der Waals surface area (Å²) in [5, 5.41) is 6.75. The maximum absolute atomic E-state index is 11.8. The molecule has 2 rings (SSSR count). The summed E-state index contributed by atoms with van der Waals surface area (Å²) >= 11 is 0.